The van der Waals surface area contributed by atoms with Crippen molar-refractivity contribution in [1.82, 2.24) is 15.0 Å². The molecule has 0 radical (unpaired) electrons. The lowest BCUT2D eigenvalue weighted by Crippen LogP contribution is -2.07. The van der Waals surface area contributed by atoms with E-state index in [1.54, 1.807) is 0 Å². The first-order valence-electron chi connectivity index (χ1n) is 5.68. The summed E-state index contributed by atoms with van der Waals surface area (Å²) in [6, 6.07) is -0.214. The van der Waals surface area contributed by atoms with Crippen molar-refractivity contribution in [2.24, 2.45) is 0 Å². The van der Waals surface area contributed by atoms with E-state index < -0.39 is 34.7 Å². The average Bonchev–Trinajstić information content (AvgIpc) is 2.52. The van der Waals surface area contributed by atoms with Crippen molar-refractivity contribution >= 4 is 0 Å². The molecular weight excluding hydrogens is 310 g/mol. The molecule has 0 aliphatic rings. The lowest BCUT2D eigenvalue weighted by molar-refractivity contribution is 0.330. The molecule has 22 heavy (non-hydrogen) atoms. The predicted molar refractivity (Wildman–Crippen MR) is 64.8 cm³/mol. The maximum absolute atomic E-state index is 13.9. The summed E-state index contributed by atoms with van der Waals surface area (Å²) in [5.74, 6) is -8.01. The van der Waals surface area contributed by atoms with Crippen molar-refractivity contribution in [2.45, 2.75) is 0 Å². The molecule has 0 amide bonds. The lowest BCUT2D eigenvalue weighted by Gasteiger charge is -2.13. The molecule has 0 aromatic carbocycles. The van der Waals surface area contributed by atoms with Crippen molar-refractivity contribution in [2.75, 3.05) is 21.3 Å². The molecule has 2 aromatic rings. The molecule has 2 aromatic heterocycles. The van der Waals surface area contributed by atoms with Gasteiger partial charge in [-0.3, -0.25) is 0 Å². The molecule has 0 aliphatic heterocycles. The molecule has 2 heterocycles. The van der Waals surface area contributed by atoms with Crippen molar-refractivity contribution < 1.29 is 31.8 Å². The second-order valence-corrected chi connectivity index (χ2v) is 3.80. The van der Waals surface area contributed by atoms with Crippen LogP contribution in [0.25, 0.3) is 11.1 Å². The first-order chi connectivity index (χ1) is 10.4. The number of methoxy groups -OCH3 is 3. The summed E-state index contributed by atoms with van der Waals surface area (Å²) in [4.78, 5) is 10.1. The normalized spacial score (nSPS) is 10.5. The Morgan fingerprint density at radius 1 is 0.636 bits per heavy atom. The molecule has 118 valence electrons. The highest BCUT2D eigenvalue weighted by molar-refractivity contribution is 5.74. The number of pyridine rings is 1. The van der Waals surface area contributed by atoms with Gasteiger partial charge in [0.2, 0.25) is 23.5 Å². The minimum Gasteiger partial charge on any atom is -0.480 e. The summed E-state index contributed by atoms with van der Waals surface area (Å²) in [5.41, 5.74) is -1.48. The van der Waals surface area contributed by atoms with E-state index in [9.17, 15) is 17.6 Å². The Bertz CT molecular complexity index is 702. The second-order valence-electron chi connectivity index (χ2n) is 3.80. The second kappa shape index (κ2) is 6.00. The van der Waals surface area contributed by atoms with Gasteiger partial charge in [0, 0.05) is 0 Å². The fourth-order valence-corrected chi connectivity index (χ4v) is 1.70. The Labute approximate surface area is 121 Å². The van der Waals surface area contributed by atoms with E-state index >= 15 is 0 Å². The first kappa shape index (κ1) is 15.7. The summed E-state index contributed by atoms with van der Waals surface area (Å²) < 4.78 is 68.6. The van der Waals surface area contributed by atoms with Crippen LogP contribution in [-0.4, -0.2) is 36.3 Å². The molecule has 0 spiro atoms. The van der Waals surface area contributed by atoms with Gasteiger partial charge in [-0.15, -0.1) is 0 Å². The van der Waals surface area contributed by atoms with E-state index in [0.717, 1.165) is 14.2 Å². The number of aromatic nitrogens is 3. The van der Waals surface area contributed by atoms with Gasteiger partial charge in [-0.1, -0.05) is 0 Å². The Balaban J connectivity index is 2.85. The van der Waals surface area contributed by atoms with Gasteiger partial charge >= 0.3 is 6.01 Å². The van der Waals surface area contributed by atoms with Gasteiger partial charge in [-0.2, -0.15) is 28.1 Å². The molecule has 0 saturated heterocycles. The van der Waals surface area contributed by atoms with Crippen LogP contribution in [0.15, 0.2) is 0 Å². The molecule has 6 nitrogen and oxygen atoms in total. The first-order valence-corrected chi connectivity index (χ1v) is 5.68. The minimum absolute atomic E-state index is 0.214. The highest BCUT2D eigenvalue weighted by Gasteiger charge is 2.29. The van der Waals surface area contributed by atoms with Gasteiger partial charge < -0.3 is 14.2 Å². The van der Waals surface area contributed by atoms with Crippen LogP contribution in [-0.2, 0) is 0 Å². The molecule has 2 rings (SSSR count). The highest BCUT2D eigenvalue weighted by atomic mass is 19.2. The molecular formula is C12H9F4N3O3. The van der Waals surface area contributed by atoms with Gasteiger partial charge in [-0.25, -0.2) is 4.39 Å². The van der Waals surface area contributed by atoms with Gasteiger partial charge in [0.1, 0.15) is 5.56 Å². The maximum Gasteiger partial charge on any atom is 0.322 e. The third-order valence-electron chi connectivity index (χ3n) is 2.64. The Morgan fingerprint density at radius 2 is 1.18 bits per heavy atom. The zero-order valence-electron chi connectivity index (χ0n) is 11.6. The third-order valence-corrected chi connectivity index (χ3v) is 2.64. The Hall–Kier alpha value is -2.65. The third kappa shape index (κ3) is 2.47. The minimum atomic E-state index is -1.95. The number of hydrogen-bond donors (Lipinski definition) is 0. The quantitative estimate of drug-likeness (QED) is 0.635. The largest absolute Gasteiger partial charge is 0.480 e. The number of hydrogen-bond acceptors (Lipinski definition) is 6. The van der Waals surface area contributed by atoms with E-state index in [-0.39, 0.29) is 17.8 Å². The molecule has 0 N–H and O–H groups in total. The fraction of sp³-hybridized carbons (Fsp3) is 0.250. The van der Waals surface area contributed by atoms with Crippen molar-refractivity contribution in [3.8, 4) is 28.9 Å². The number of nitrogens with zero attached hydrogens (tertiary/aromatic N) is 3. The van der Waals surface area contributed by atoms with Crippen LogP contribution < -0.4 is 14.2 Å². The van der Waals surface area contributed by atoms with Crippen LogP contribution in [0.5, 0.6) is 17.8 Å². The average molecular weight is 319 g/mol. The van der Waals surface area contributed by atoms with E-state index in [1.807, 2.05) is 0 Å². The van der Waals surface area contributed by atoms with Crippen molar-refractivity contribution in [1.29, 1.82) is 0 Å². The number of halogens is 4. The van der Waals surface area contributed by atoms with Gasteiger partial charge in [0.05, 0.1) is 26.9 Å². The maximum atomic E-state index is 13.9. The molecule has 0 saturated carbocycles. The number of ether oxygens (including phenoxy) is 3. The van der Waals surface area contributed by atoms with Crippen LogP contribution in [0.3, 0.4) is 0 Å². The molecule has 0 aliphatic carbocycles. The van der Waals surface area contributed by atoms with Crippen LogP contribution in [0.1, 0.15) is 0 Å². The van der Waals surface area contributed by atoms with E-state index in [2.05, 4.69) is 15.0 Å². The van der Waals surface area contributed by atoms with Crippen LogP contribution >= 0.6 is 0 Å². The summed E-state index contributed by atoms with van der Waals surface area (Å²) >= 11 is 0. The standard InChI is InChI=1S/C12H9F4N3O3/c1-20-10-5(11(21-2)19-12(18-10)22-3)4-6(13)7(14)9(16)17-8(4)15/h1-3H3. The summed E-state index contributed by atoms with van der Waals surface area (Å²) in [7, 11) is 3.54. The van der Waals surface area contributed by atoms with Crippen LogP contribution in [0.4, 0.5) is 17.6 Å². The smallest absolute Gasteiger partial charge is 0.322 e. The molecule has 0 unspecified atom stereocenters. The van der Waals surface area contributed by atoms with E-state index in [1.165, 1.54) is 7.11 Å². The highest BCUT2D eigenvalue weighted by Crippen LogP contribution is 2.40. The van der Waals surface area contributed by atoms with Crippen LogP contribution in [0.2, 0.25) is 0 Å². The predicted octanol–water partition coefficient (Wildman–Crippen LogP) is 2.12. The van der Waals surface area contributed by atoms with Crippen LogP contribution in [0, 0.1) is 23.5 Å². The van der Waals surface area contributed by atoms with Crippen molar-refractivity contribution in [3.05, 3.63) is 23.5 Å². The summed E-state index contributed by atoms with van der Waals surface area (Å²) in [6.07, 6.45) is 0. The molecule has 0 bridgehead atoms. The zero-order valence-corrected chi connectivity index (χ0v) is 11.6. The summed E-state index contributed by atoms with van der Waals surface area (Å²) in [6.45, 7) is 0. The van der Waals surface area contributed by atoms with Crippen molar-refractivity contribution in [3.63, 3.8) is 0 Å². The molecule has 0 fully saturated rings. The van der Waals surface area contributed by atoms with Gasteiger partial charge in [-0.05, 0) is 0 Å². The topological polar surface area (TPSA) is 66.4 Å². The van der Waals surface area contributed by atoms with E-state index in [4.69, 9.17) is 14.2 Å². The summed E-state index contributed by atoms with van der Waals surface area (Å²) in [5, 5.41) is 0. The van der Waals surface area contributed by atoms with Gasteiger partial charge in [0.15, 0.2) is 5.82 Å². The van der Waals surface area contributed by atoms with Gasteiger partial charge in [0.25, 0.3) is 5.95 Å². The molecule has 10 heteroatoms. The Kier molecular flexibility index (Phi) is 4.29. The number of rotatable bonds is 4. The van der Waals surface area contributed by atoms with E-state index in [0.29, 0.717) is 0 Å². The SMILES string of the molecule is COc1nc(OC)c(-c2c(F)nc(F)c(F)c2F)c(OC)n1. The fourth-order valence-electron chi connectivity index (χ4n) is 1.70. The molecule has 0 atom stereocenters. The zero-order chi connectivity index (χ0) is 16.4. The Morgan fingerprint density at radius 3 is 1.64 bits per heavy atom. The lowest BCUT2D eigenvalue weighted by atomic mass is 10.1. The monoisotopic (exact) mass is 319 g/mol.